The molecule has 0 aliphatic rings. The molecule has 0 saturated heterocycles. The Kier molecular flexibility index (Phi) is 6.20. The Morgan fingerprint density at radius 3 is 2.30 bits per heavy atom. The molecule has 2 atom stereocenters. The van der Waals surface area contributed by atoms with Gasteiger partial charge in [-0.2, -0.15) is 0 Å². The Morgan fingerprint density at radius 2 is 1.80 bits per heavy atom. The monoisotopic (exact) mass is 298 g/mol. The maximum absolute atomic E-state index is 12.2. The van der Waals surface area contributed by atoms with E-state index >= 15 is 0 Å². The van der Waals surface area contributed by atoms with Crippen LogP contribution in [0.2, 0.25) is 0 Å². The Balaban J connectivity index is 2.94. The zero-order valence-corrected chi connectivity index (χ0v) is 13.0. The number of rotatable bonds is 7. The van der Waals surface area contributed by atoms with Crippen LogP contribution in [0.15, 0.2) is 30.3 Å². The van der Waals surface area contributed by atoms with Crippen molar-refractivity contribution in [2.45, 2.75) is 26.2 Å². The van der Waals surface area contributed by atoms with Crippen LogP contribution in [0.5, 0.6) is 0 Å². The van der Waals surface area contributed by atoms with Gasteiger partial charge in [0.2, 0.25) is 0 Å². The van der Waals surface area contributed by atoms with E-state index in [0.29, 0.717) is 5.56 Å². The summed E-state index contributed by atoms with van der Waals surface area (Å²) < 4.78 is 29.1. The molecular weight excluding hydrogens is 276 g/mol. The number of hydrogen-bond acceptors (Lipinski definition) is 4. The van der Waals surface area contributed by atoms with E-state index in [0.717, 1.165) is 6.42 Å². The van der Waals surface area contributed by atoms with E-state index in [1.54, 1.807) is 24.3 Å². The molecule has 2 unspecified atom stereocenters. The molecule has 0 bridgehead atoms. The highest BCUT2D eigenvalue weighted by atomic mass is 32.2. The normalized spacial score (nSPS) is 14.6. The highest BCUT2D eigenvalue weighted by Crippen LogP contribution is 2.21. The summed E-state index contributed by atoms with van der Waals surface area (Å²) >= 11 is 0. The molecule has 4 nitrogen and oxygen atoms in total. The van der Waals surface area contributed by atoms with Crippen LogP contribution in [0.4, 0.5) is 0 Å². The van der Waals surface area contributed by atoms with E-state index in [1.807, 2.05) is 19.9 Å². The van der Waals surface area contributed by atoms with Crippen molar-refractivity contribution in [1.82, 2.24) is 0 Å². The summed E-state index contributed by atoms with van der Waals surface area (Å²) in [5, 5.41) is 0. The first kappa shape index (κ1) is 16.7. The van der Waals surface area contributed by atoms with Crippen LogP contribution in [0.3, 0.4) is 0 Å². The molecule has 1 aromatic carbocycles. The van der Waals surface area contributed by atoms with E-state index in [-0.39, 0.29) is 17.4 Å². The van der Waals surface area contributed by atoms with Gasteiger partial charge in [0.05, 0.1) is 24.5 Å². The van der Waals surface area contributed by atoms with Gasteiger partial charge >= 0.3 is 5.97 Å². The molecule has 0 aromatic heterocycles. The van der Waals surface area contributed by atoms with Crippen LogP contribution < -0.4 is 0 Å². The number of carbonyl (C=O) groups is 1. The fourth-order valence-electron chi connectivity index (χ4n) is 2.00. The average Bonchev–Trinajstić information content (AvgIpc) is 2.44. The van der Waals surface area contributed by atoms with E-state index in [2.05, 4.69) is 0 Å². The first-order chi connectivity index (χ1) is 9.39. The van der Waals surface area contributed by atoms with Crippen LogP contribution in [0.25, 0.3) is 0 Å². The SMILES string of the molecule is CCC(C)CS(=O)(=O)CC(C(=O)OC)c1ccccc1. The largest absolute Gasteiger partial charge is 0.469 e. The van der Waals surface area contributed by atoms with Crippen molar-refractivity contribution < 1.29 is 17.9 Å². The van der Waals surface area contributed by atoms with E-state index in [4.69, 9.17) is 4.74 Å². The maximum Gasteiger partial charge on any atom is 0.314 e. The molecule has 1 aromatic rings. The Hall–Kier alpha value is -1.36. The number of methoxy groups -OCH3 is 1. The van der Waals surface area contributed by atoms with Crippen molar-refractivity contribution in [3.05, 3.63) is 35.9 Å². The summed E-state index contributed by atoms with van der Waals surface area (Å²) in [5.74, 6) is -1.27. The van der Waals surface area contributed by atoms with Gasteiger partial charge in [-0.15, -0.1) is 0 Å². The molecule has 112 valence electrons. The van der Waals surface area contributed by atoms with Crippen LogP contribution in [0.1, 0.15) is 31.7 Å². The minimum Gasteiger partial charge on any atom is -0.469 e. The van der Waals surface area contributed by atoms with Crippen LogP contribution in [0, 0.1) is 5.92 Å². The number of ether oxygens (including phenoxy) is 1. The summed E-state index contributed by atoms with van der Waals surface area (Å²) in [6, 6.07) is 8.89. The van der Waals surface area contributed by atoms with E-state index < -0.39 is 21.7 Å². The van der Waals surface area contributed by atoms with Gasteiger partial charge in [-0.3, -0.25) is 4.79 Å². The van der Waals surface area contributed by atoms with Gasteiger partial charge in [0, 0.05) is 0 Å². The number of hydrogen-bond donors (Lipinski definition) is 0. The molecule has 0 saturated carbocycles. The lowest BCUT2D eigenvalue weighted by atomic mass is 10.0. The minimum absolute atomic E-state index is 0.0917. The first-order valence-corrected chi connectivity index (χ1v) is 8.55. The lowest BCUT2D eigenvalue weighted by molar-refractivity contribution is -0.141. The summed E-state index contributed by atoms with van der Waals surface area (Å²) in [6.07, 6.45) is 0.799. The average molecular weight is 298 g/mol. The molecule has 0 radical (unpaired) electrons. The third kappa shape index (κ3) is 4.96. The quantitative estimate of drug-likeness (QED) is 0.725. The van der Waals surface area contributed by atoms with Gasteiger partial charge in [0.1, 0.15) is 0 Å². The Labute approximate surface area is 121 Å². The molecule has 20 heavy (non-hydrogen) atoms. The first-order valence-electron chi connectivity index (χ1n) is 6.72. The number of sulfone groups is 1. The minimum atomic E-state index is -3.30. The van der Waals surface area contributed by atoms with Gasteiger partial charge in [0.25, 0.3) is 0 Å². The standard InChI is InChI=1S/C15H22O4S/c1-4-12(2)10-20(17,18)11-14(15(16)19-3)13-8-6-5-7-9-13/h5-9,12,14H,4,10-11H2,1-3H3. The van der Waals surface area contributed by atoms with Crippen molar-refractivity contribution >= 4 is 15.8 Å². The van der Waals surface area contributed by atoms with Crippen LogP contribution in [-0.4, -0.2) is 33.0 Å². The molecule has 5 heteroatoms. The zero-order chi connectivity index (χ0) is 15.2. The fourth-order valence-corrected chi connectivity index (χ4v) is 4.08. The van der Waals surface area contributed by atoms with E-state index in [1.165, 1.54) is 7.11 Å². The summed E-state index contributed by atoms with van der Waals surface area (Å²) in [6.45, 7) is 3.85. The van der Waals surface area contributed by atoms with Crippen molar-refractivity contribution in [2.24, 2.45) is 5.92 Å². The van der Waals surface area contributed by atoms with Crippen molar-refractivity contribution in [3.8, 4) is 0 Å². The topological polar surface area (TPSA) is 60.4 Å². The summed E-state index contributed by atoms with van der Waals surface area (Å²) in [4.78, 5) is 11.9. The third-order valence-corrected chi connectivity index (χ3v) is 5.26. The fraction of sp³-hybridized carbons (Fsp3) is 0.533. The smallest absolute Gasteiger partial charge is 0.314 e. The maximum atomic E-state index is 12.2. The second-order valence-electron chi connectivity index (χ2n) is 5.08. The highest BCUT2D eigenvalue weighted by molar-refractivity contribution is 7.91. The molecule has 1 rings (SSSR count). The molecule has 0 fully saturated rings. The van der Waals surface area contributed by atoms with Crippen LogP contribution >= 0.6 is 0 Å². The number of benzene rings is 1. The molecule has 0 heterocycles. The third-order valence-electron chi connectivity index (χ3n) is 3.34. The lowest BCUT2D eigenvalue weighted by Crippen LogP contribution is -2.26. The van der Waals surface area contributed by atoms with Gasteiger partial charge in [-0.25, -0.2) is 8.42 Å². The van der Waals surface area contributed by atoms with Gasteiger partial charge < -0.3 is 4.74 Å². The molecule has 0 aliphatic heterocycles. The second kappa shape index (κ2) is 7.43. The molecule has 0 amide bonds. The Bertz CT molecular complexity index is 522. The molecule has 0 aliphatic carbocycles. The highest BCUT2D eigenvalue weighted by Gasteiger charge is 2.28. The van der Waals surface area contributed by atoms with Crippen LogP contribution in [-0.2, 0) is 19.4 Å². The van der Waals surface area contributed by atoms with Gasteiger partial charge in [-0.1, -0.05) is 50.6 Å². The molecular formula is C15H22O4S. The molecule has 0 N–H and O–H groups in total. The number of esters is 1. The predicted octanol–water partition coefficient (Wildman–Crippen LogP) is 2.40. The number of carbonyl (C=O) groups excluding carboxylic acids is 1. The summed E-state index contributed by atoms with van der Waals surface area (Å²) in [5.41, 5.74) is 0.673. The lowest BCUT2D eigenvalue weighted by Gasteiger charge is -2.16. The Morgan fingerprint density at radius 1 is 1.20 bits per heavy atom. The summed E-state index contributed by atoms with van der Waals surface area (Å²) in [7, 11) is -2.02. The van der Waals surface area contributed by atoms with Gasteiger partial charge in [0.15, 0.2) is 9.84 Å². The van der Waals surface area contributed by atoms with Crippen molar-refractivity contribution in [2.75, 3.05) is 18.6 Å². The van der Waals surface area contributed by atoms with Crippen molar-refractivity contribution in [1.29, 1.82) is 0 Å². The van der Waals surface area contributed by atoms with E-state index in [9.17, 15) is 13.2 Å². The molecule has 0 spiro atoms. The second-order valence-corrected chi connectivity index (χ2v) is 7.23. The predicted molar refractivity (Wildman–Crippen MR) is 79.3 cm³/mol. The van der Waals surface area contributed by atoms with Crippen molar-refractivity contribution in [3.63, 3.8) is 0 Å². The van der Waals surface area contributed by atoms with Gasteiger partial charge in [-0.05, 0) is 11.5 Å². The zero-order valence-electron chi connectivity index (χ0n) is 12.2.